The first-order valence-corrected chi connectivity index (χ1v) is 9.50. The topological polar surface area (TPSA) is 46.2 Å². The highest BCUT2D eigenvalue weighted by Crippen LogP contribution is 2.37. The lowest BCUT2D eigenvalue weighted by Crippen LogP contribution is -2.31. The number of hydrogen-bond acceptors (Lipinski definition) is 2. The molecule has 0 fully saturated rings. The van der Waals surface area contributed by atoms with E-state index in [2.05, 4.69) is 20.7 Å². The van der Waals surface area contributed by atoms with Gasteiger partial charge in [0.1, 0.15) is 0 Å². The molecule has 2 atom stereocenters. The van der Waals surface area contributed by atoms with Crippen LogP contribution in [0.2, 0.25) is 0 Å². The van der Waals surface area contributed by atoms with E-state index in [4.69, 9.17) is 0 Å². The van der Waals surface area contributed by atoms with Gasteiger partial charge in [0.15, 0.2) is 0 Å². The fraction of sp³-hybridized carbons (Fsp3) is 0.250. The molecule has 1 aliphatic rings. The maximum Gasteiger partial charge on any atom is 0.416 e. The van der Waals surface area contributed by atoms with Crippen LogP contribution in [-0.2, 0) is 22.6 Å². The first kappa shape index (κ1) is 17.4. The van der Waals surface area contributed by atoms with Crippen LogP contribution in [0.1, 0.15) is 22.7 Å². The largest absolute Gasteiger partial charge is 0.416 e. The van der Waals surface area contributed by atoms with Gasteiger partial charge in [-0.2, -0.15) is 13.2 Å². The van der Waals surface area contributed by atoms with Gasteiger partial charge in [0.25, 0.3) is 0 Å². The summed E-state index contributed by atoms with van der Waals surface area (Å²) in [6.07, 6.45) is -3.82. The van der Waals surface area contributed by atoms with Gasteiger partial charge in [0.05, 0.1) is 16.5 Å². The summed E-state index contributed by atoms with van der Waals surface area (Å²) in [5.41, 5.74) is 1.03. The predicted molar refractivity (Wildman–Crippen MR) is 87.4 cm³/mol. The van der Waals surface area contributed by atoms with Gasteiger partial charge in [-0.05, 0) is 41.8 Å². The van der Waals surface area contributed by atoms with Crippen molar-refractivity contribution in [2.24, 2.45) is 0 Å². The summed E-state index contributed by atoms with van der Waals surface area (Å²) in [6, 6.07) is 10.5. The lowest BCUT2D eigenvalue weighted by atomic mass is 10.1. The predicted octanol–water partition coefficient (Wildman–Crippen LogP) is 4.04. The first-order chi connectivity index (χ1) is 11.2. The number of halogens is 4. The fourth-order valence-corrected chi connectivity index (χ4v) is 4.94. The lowest BCUT2D eigenvalue weighted by molar-refractivity contribution is -0.137. The number of rotatable bonds is 3. The monoisotopic (exact) mass is 419 g/mol. The third-order valence-corrected chi connectivity index (χ3v) is 6.25. The standard InChI is InChI=1S/C16H13BrF3NO2S/c17-14-9-10-3-1-2-4-13(10)15(14)21-24(22,23)12-7-5-11(6-8-12)16(18,19)20/h1-8,14-15,21H,9H2/t14-,15-/m0/s1. The van der Waals surface area contributed by atoms with Crippen molar-refractivity contribution in [2.75, 3.05) is 0 Å². The number of fused-ring (bicyclic) bond motifs is 1. The van der Waals surface area contributed by atoms with E-state index in [0.717, 1.165) is 35.4 Å². The Morgan fingerprint density at radius 2 is 1.67 bits per heavy atom. The Labute approximate surface area is 146 Å². The third kappa shape index (κ3) is 3.36. The Kier molecular flexibility index (Phi) is 4.48. The van der Waals surface area contributed by atoms with Gasteiger partial charge in [-0.25, -0.2) is 13.1 Å². The zero-order valence-electron chi connectivity index (χ0n) is 12.2. The molecule has 0 unspecified atom stereocenters. The summed E-state index contributed by atoms with van der Waals surface area (Å²) in [6.45, 7) is 0. The number of alkyl halides is 4. The molecule has 0 amide bonds. The van der Waals surface area contributed by atoms with Crippen LogP contribution in [0.4, 0.5) is 13.2 Å². The molecule has 0 saturated heterocycles. The summed E-state index contributed by atoms with van der Waals surface area (Å²) in [5.74, 6) is 0. The molecule has 0 aliphatic heterocycles. The quantitative estimate of drug-likeness (QED) is 0.762. The first-order valence-electron chi connectivity index (χ1n) is 7.10. The minimum absolute atomic E-state index is 0.112. The molecule has 0 heterocycles. The van der Waals surface area contributed by atoms with Crippen molar-refractivity contribution in [3.05, 3.63) is 65.2 Å². The molecule has 1 N–H and O–H groups in total. The number of sulfonamides is 1. The van der Waals surface area contributed by atoms with E-state index in [1.54, 1.807) is 0 Å². The zero-order valence-corrected chi connectivity index (χ0v) is 14.6. The van der Waals surface area contributed by atoms with E-state index in [9.17, 15) is 21.6 Å². The van der Waals surface area contributed by atoms with E-state index in [1.807, 2.05) is 24.3 Å². The molecule has 0 saturated carbocycles. The van der Waals surface area contributed by atoms with Crippen molar-refractivity contribution in [3.63, 3.8) is 0 Å². The van der Waals surface area contributed by atoms with Gasteiger partial charge in [0, 0.05) is 4.83 Å². The Balaban J connectivity index is 1.87. The lowest BCUT2D eigenvalue weighted by Gasteiger charge is -2.18. The molecular formula is C16H13BrF3NO2S. The summed E-state index contributed by atoms with van der Waals surface area (Å²) < 4.78 is 65.3. The van der Waals surface area contributed by atoms with Crippen molar-refractivity contribution >= 4 is 26.0 Å². The summed E-state index contributed by atoms with van der Waals surface area (Å²) in [4.78, 5) is -0.307. The van der Waals surface area contributed by atoms with E-state index >= 15 is 0 Å². The van der Waals surface area contributed by atoms with Crippen molar-refractivity contribution in [2.45, 2.75) is 28.4 Å². The second-order valence-electron chi connectivity index (χ2n) is 5.54. The van der Waals surface area contributed by atoms with Crippen LogP contribution < -0.4 is 4.72 Å². The van der Waals surface area contributed by atoms with Crippen molar-refractivity contribution < 1.29 is 21.6 Å². The molecule has 3 rings (SSSR count). The molecule has 2 aromatic rings. The smallest absolute Gasteiger partial charge is 0.207 e. The Morgan fingerprint density at radius 1 is 1.04 bits per heavy atom. The molecule has 0 bridgehead atoms. The molecular weight excluding hydrogens is 407 g/mol. The van der Waals surface area contributed by atoms with Crippen LogP contribution in [-0.4, -0.2) is 13.2 Å². The second-order valence-corrected chi connectivity index (χ2v) is 8.43. The second kappa shape index (κ2) is 6.16. The van der Waals surface area contributed by atoms with Crippen LogP contribution in [0.3, 0.4) is 0 Å². The summed E-state index contributed by atoms with van der Waals surface area (Å²) in [7, 11) is -3.93. The number of hydrogen-bond donors (Lipinski definition) is 1. The molecule has 1 aliphatic carbocycles. The minimum Gasteiger partial charge on any atom is -0.207 e. The highest BCUT2D eigenvalue weighted by atomic mass is 79.9. The van der Waals surface area contributed by atoms with Gasteiger partial charge >= 0.3 is 6.18 Å². The van der Waals surface area contributed by atoms with Crippen molar-refractivity contribution in [3.8, 4) is 0 Å². The van der Waals surface area contributed by atoms with E-state index in [-0.39, 0.29) is 9.72 Å². The van der Waals surface area contributed by atoms with Crippen molar-refractivity contribution in [1.82, 2.24) is 4.72 Å². The normalized spacial score (nSPS) is 20.8. The van der Waals surface area contributed by atoms with Gasteiger partial charge < -0.3 is 0 Å². The van der Waals surface area contributed by atoms with Crippen LogP contribution in [0.5, 0.6) is 0 Å². The van der Waals surface area contributed by atoms with Crippen LogP contribution in [0.15, 0.2) is 53.4 Å². The SMILES string of the molecule is O=S(=O)(N[C@H]1c2ccccc2C[C@@H]1Br)c1ccc(C(F)(F)F)cc1. The Bertz CT molecular complexity index is 850. The van der Waals surface area contributed by atoms with Gasteiger partial charge in [0.2, 0.25) is 10.0 Å². The molecule has 0 spiro atoms. The van der Waals surface area contributed by atoms with Crippen LogP contribution >= 0.6 is 15.9 Å². The molecule has 128 valence electrons. The van der Waals surface area contributed by atoms with Crippen LogP contribution in [0.25, 0.3) is 0 Å². The molecule has 0 aromatic heterocycles. The fourth-order valence-electron chi connectivity index (χ4n) is 2.74. The molecule has 8 heteroatoms. The maximum absolute atomic E-state index is 12.6. The maximum atomic E-state index is 12.6. The van der Waals surface area contributed by atoms with Gasteiger partial charge in [-0.15, -0.1) is 0 Å². The van der Waals surface area contributed by atoms with E-state index in [0.29, 0.717) is 6.42 Å². The minimum atomic E-state index is -4.50. The van der Waals surface area contributed by atoms with Crippen LogP contribution in [0, 0.1) is 0 Å². The average Bonchev–Trinajstić information content (AvgIpc) is 2.82. The molecule has 3 nitrogen and oxygen atoms in total. The highest BCUT2D eigenvalue weighted by molar-refractivity contribution is 9.09. The highest BCUT2D eigenvalue weighted by Gasteiger charge is 2.34. The molecule has 2 aromatic carbocycles. The van der Waals surface area contributed by atoms with E-state index in [1.165, 1.54) is 0 Å². The van der Waals surface area contributed by atoms with Gasteiger partial charge in [-0.1, -0.05) is 40.2 Å². The average molecular weight is 420 g/mol. The summed E-state index contributed by atoms with van der Waals surface area (Å²) in [5, 5.41) is 0. The van der Waals surface area contributed by atoms with Gasteiger partial charge in [-0.3, -0.25) is 0 Å². The molecule has 0 radical (unpaired) electrons. The molecule has 24 heavy (non-hydrogen) atoms. The number of nitrogens with one attached hydrogen (secondary N) is 1. The van der Waals surface area contributed by atoms with E-state index < -0.39 is 27.8 Å². The summed E-state index contributed by atoms with van der Waals surface area (Å²) >= 11 is 3.47. The Morgan fingerprint density at radius 3 is 2.29 bits per heavy atom. The third-order valence-electron chi connectivity index (χ3n) is 3.94. The van der Waals surface area contributed by atoms with Crippen molar-refractivity contribution in [1.29, 1.82) is 0 Å². The number of benzene rings is 2. The zero-order chi connectivity index (χ0) is 17.5. The Hall–Kier alpha value is -1.38.